The Balaban J connectivity index is 2.30. The molecule has 1 saturated heterocycles. The van der Waals surface area contributed by atoms with E-state index in [9.17, 15) is 0 Å². The van der Waals surface area contributed by atoms with Gasteiger partial charge in [-0.05, 0) is 31.2 Å². The van der Waals surface area contributed by atoms with Gasteiger partial charge in [0.05, 0.1) is 0 Å². The van der Waals surface area contributed by atoms with Gasteiger partial charge in [0.1, 0.15) is 0 Å². The van der Waals surface area contributed by atoms with Gasteiger partial charge in [-0.3, -0.25) is 0 Å². The van der Waals surface area contributed by atoms with Crippen LogP contribution in [0.4, 0.5) is 0 Å². The van der Waals surface area contributed by atoms with Crippen LogP contribution in [0.25, 0.3) is 0 Å². The van der Waals surface area contributed by atoms with E-state index >= 15 is 0 Å². The van der Waals surface area contributed by atoms with E-state index in [1.54, 1.807) is 0 Å². The van der Waals surface area contributed by atoms with E-state index in [1.807, 2.05) is 0 Å². The first-order chi connectivity index (χ1) is 5.58. The van der Waals surface area contributed by atoms with Crippen LogP contribution in [0.2, 0.25) is 0 Å². The summed E-state index contributed by atoms with van der Waals surface area (Å²) in [5, 5.41) is 3.64. The van der Waals surface area contributed by atoms with Crippen molar-refractivity contribution < 1.29 is 0 Å². The molecule has 0 aromatic rings. The summed E-state index contributed by atoms with van der Waals surface area (Å²) in [7, 11) is 0. The zero-order valence-electron chi connectivity index (χ0n) is 8.82. The van der Waals surface area contributed by atoms with Gasteiger partial charge in [-0.15, -0.1) is 0 Å². The van der Waals surface area contributed by atoms with Gasteiger partial charge in [0.25, 0.3) is 0 Å². The molecule has 1 unspecified atom stereocenters. The first-order valence-electron chi connectivity index (χ1n) is 5.31. The monoisotopic (exact) mass is 169 g/mol. The molecule has 0 bridgehead atoms. The van der Waals surface area contributed by atoms with Crippen LogP contribution in [-0.4, -0.2) is 12.6 Å². The van der Waals surface area contributed by atoms with Crippen molar-refractivity contribution in [1.82, 2.24) is 5.32 Å². The van der Waals surface area contributed by atoms with Gasteiger partial charge in [0.2, 0.25) is 0 Å². The molecule has 0 aromatic carbocycles. The predicted molar refractivity (Wildman–Crippen MR) is 54.3 cm³/mol. The lowest BCUT2D eigenvalue weighted by Gasteiger charge is -2.25. The molecule has 1 atom stereocenters. The van der Waals surface area contributed by atoms with Crippen molar-refractivity contribution in [3.05, 3.63) is 0 Å². The van der Waals surface area contributed by atoms with Gasteiger partial charge in [-0.1, -0.05) is 33.6 Å². The molecule has 1 nitrogen and oxygen atoms in total. The number of nitrogens with one attached hydrogen (secondary N) is 1. The van der Waals surface area contributed by atoms with Crippen LogP contribution in [0, 0.1) is 5.41 Å². The van der Waals surface area contributed by atoms with Crippen molar-refractivity contribution in [2.75, 3.05) is 6.54 Å². The molecule has 0 amide bonds. The fraction of sp³-hybridized carbons (Fsp3) is 1.00. The lowest BCUT2D eigenvalue weighted by Crippen LogP contribution is -2.32. The molecular weight excluding hydrogens is 146 g/mol. The maximum absolute atomic E-state index is 3.64. The van der Waals surface area contributed by atoms with Crippen LogP contribution in [0.3, 0.4) is 0 Å². The average Bonchev–Trinajstić information content (AvgIpc) is 2.12. The van der Waals surface area contributed by atoms with E-state index in [2.05, 4.69) is 26.1 Å². The van der Waals surface area contributed by atoms with Gasteiger partial charge in [0.15, 0.2) is 0 Å². The second kappa shape index (κ2) is 4.27. The third-order valence-corrected chi connectivity index (χ3v) is 2.52. The summed E-state index contributed by atoms with van der Waals surface area (Å²) < 4.78 is 0. The number of hydrogen-bond donors (Lipinski definition) is 1. The molecule has 1 N–H and O–H groups in total. The van der Waals surface area contributed by atoms with Gasteiger partial charge >= 0.3 is 0 Å². The summed E-state index contributed by atoms with van der Waals surface area (Å²) in [5.74, 6) is 0. The highest BCUT2D eigenvalue weighted by molar-refractivity contribution is 4.76. The molecule has 0 saturated carbocycles. The molecule has 72 valence electrons. The van der Waals surface area contributed by atoms with E-state index in [1.165, 1.54) is 38.6 Å². The highest BCUT2D eigenvalue weighted by Crippen LogP contribution is 2.24. The molecule has 1 heterocycles. The highest BCUT2D eigenvalue weighted by Gasteiger charge is 2.18. The Morgan fingerprint density at radius 1 is 1.17 bits per heavy atom. The first-order valence-corrected chi connectivity index (χ1v) is 5.31. The van der Waals surface area contributed by atoms with Crippen LogP contribution in [0.15, 0.2) is 0 Å². The topological polar surface area (TPSA) is 12.0 Å². The quantitative estimate of drug-likeness (QED) is 0.636. The summed E-state index contributed by atoms with van der Waals surface area (Å²) in [6.45, 7) is 8.24. The predicted octanol–water partition coefficient (Wildman–Crippen LogP) is 2.95. The average molecular weight is 169 g/mol. The maximum Gasteiger partial charge on any atom is 0.00720 e. The van der Waals surface area contributed by atoms with Gasteiger partial charge in [-0.2, -0.15) is 0 Å². The number of hydrogen-bond acceptors (Lipinski definition) is 1. The van der Waals surface area contributed by atoms with Gasteiger partial charge in [-0.25, -0.2) is 0 Å². The SMILES string of the molecule is CC(C)(C)CC1CCCCCN1. The molecule has 0 spiro atoms. The molecule has 1 rings (SSSR count). The van der Waals surface area contributed by atoms with Crippen LogP contribution in [0.1, 0.15) is 52.9 Å². The smallest absolute Gasteiger partial charge is 0.00720 e. The third kappa shape index (κ3) is 4.10. The van der Waals surface area contributed by atoms with Crippen molar-refractivity contribution in [1.29, 1.82) is 0 Å². The Kier molecular flexibility index (Phi) is 3.57. The van der Waals surface area contributed by atoms with E-state index in [4.69, 9.17) is 0 Å². The normalized spacial score (nSPS) is 26.8. The second-order valence-electron chi connectivity index (χ2n) is 5.27. The molecule has 1 aliphatic heterocycles. The fourth-order valence-electron chi connectivity index (χ4n) is 2.01. The zero-order chi connectivity index (χ0) is 9.03. The zero-order valence-corrected chi connectivity index (χ0v) is 8.82. The first kappa shape index (κ1) is 10.0. The Bertz CT molecular complexity index is 115. The molecule has 0 radical (unpaired) electrons. The van der Waals surface area contributed by atoms with Crippen molar-refractivity contribution >= 4 is 0 Å². The van der Waals surface area contributed by atoms with Crippen LogP contribution in [0.5, 0.6) is 0 Å². The Morgan fingerprint density at radius 3 is 2.58 bits per heavy atom. The minimum Gasteiger partial charge on any atom is -0.314 e. The molecule has 1 aliphatic rings. The maximum atomic E-state index is 3.64. The second-order valence-corrected chi connectivity index (χ2v) is 5.27. The summed E-state index contributed by atoms with van der Waals surface area (Å²) >= 11 is 0. The Hall–Kier alpha value is -0.0400. The summed E-state index contributed by atoms with van der Waals surface area (Å²) in [6, 6.07) is 0.785. The largest absolute Gasteiger partial charge is 0.314 e. The van der Waals surface area contributed by atoms with E-state index in [0.717, 1.165) is 6.04 Å². The number of rotatable bonds is 1. The minimum absolute atomic E-state index is 0.488. The van der Waals surface area contributed by atoms with E-state index in [0.29, 0.717) is 5.41 Å². The lowest BCUT2D eigenvalue weighted by atomic mass is 9.87. The highest BCUT2D eigenvalue weighted by atomic mass is 14.9. The van der Waals surface area contributed by atoms with Gasteiger partial charge in [0, 0.05) is 6.04 Å². The molecular formula is C11H23N. The van der Waals surface area contributed by atoms with Crippen LogP contribution in [-0.2, 0) is 0 Å². The van der Waals surface area contributed by atoms with Crippen molar-refractivity contribution in [3.8, 4) is 0 Å². The molecule has 12 heavy (non-hydrogen) atoms. The van der Waals surface area contributed by atoms with Crippen LogP contribution >= 0.6 is 0 Å². The minimum atomic E-state index is 0.488. The van der Waals surface area contributed by atoms with Crippen LogP contribution < -0.4 is 5.32 Å². The lowest BCUT2D eigenvalue weighted by molar-refractivity contribution is 0.304. The van der Waals surface area contributed by atoms with Crippen molar-refractivity contribution in [3.63, 3.8) is 0 Å². The molecule has 1 heteroatoms. The standard InChI is InChI=1S/C11H23N/c1-11(2,3)9-10-7-5-4-6-8-12-10/h10,12H,4-9H2,1-3H3. The summed E-state index contributed by atoms with van der Waals surface area (Å²) in [5.41, 5.74) is 0.488. The summed E-state index contributed by atoms with van der Waals surface area (Å²) in [4.78, 5) is 0. The summed E-state index contributed by atoms with van der Waals surface area (Å²) in [6.07, 6.45) is 6.94. The molecule has 1 fully saturated rings. The molecule has 0 aliphatic carbocycles. The van der Waals surface area contributed by atoms with E-state index < -0.39 is 0 Å². The fourth-order valence-corrected chi connectivity index (χ4v) is 2.01. The van der Waals surface area contributed by atoms with Gasteiger partial charge < -0.3 is 5.32 Å². The Labute approximate surface area is 76.9 Å². The van der Waals surface area contributed by atoms with E-state index in [-0.39, 0.29) is 0 Å². The van der Waals surface area contributed by atoms with Crippen molar-refractivity contribution in [2.24, 2.45) is 5.41 Å². The van der Waals surface area contributed by atoms with Crippen molar-refractivity contribution in [2.45, 2.75) is 58.9 Å². The molecule has 0 aromatic heterocycles. The third-order valence-electron chi connectivity index (χ3n) is 2.52. The Morgan fingerprint density at radius 2 is 1.92 bits per heavy atom.